The highest BCUT2D eigenvalue weighted by molar-refractivity contribution is 5.80. The molecule has 2 N–H and O–H groups in total. The second-order valence-corrected chi connectivity index (χ2v) is 6.24. The molecule has 4 aromatic rings. The van der Waals surface area contributed by atoms with E-state index in [1.54, 1.807) is 0 Å². The van der Waals surface area contributed by atoms with Crippen LogP contribution < -0.4 is 0 Å². The van der Waals surface area contributed by atoms with Crippen LogP contribution in [0.5, 0.6) is 0 Å². The summed E-state index contributed by atoms with van der Waals surface area (Å²) in [6, 6.07) is 19.3. The summed E-state index contributed by atoms with van der Waals surface area (Å²) in [6.07, 6.45) is 3.78. The van der Waals surface area contributed by atoms with Crippen LogP contribution in [0.3, 0.4) is 0 Å². The number of aromatic nitrogens is 3. The average molecular weight is 316 g/mol. The first-order chi connectivity index (χ1) is 11.8. The molecule has 120 valence electrons. The van der Waals surface area contributed by atoms with Crippen molar-refractivity contribution in [2.75, 3.05) is 7.05 Å². The Hall–Kier alpha value is -2.85. The molecule has 4 rings (SSSR count). The molecule has 0 unspecified atom stereocenters. The lowest BCUT2D eigenvalue weighted by molar-refractivity contribution is 0.316. The van der Waals surface area contributed by atoms with E-state index in [0.29, 0.717) is 0 Å². The van der Waals surface area contributed by atoms with E-state index in [4.69, 9.17) is 0 Å². The van der Waals surface area contributed by atoms with Crippen molar-refractivity contribution >= 4 is 10.9 Å². The van der Waals surface area contributed by atoms with Gasteiger partial charge in [-0.05, 0) is 41.8 Å². The minimum Gasteiger partial charge on any atom is -0.357 e. The molecule has 0 saturated heterocycles. The molecule has 2 aromatic heterocycles. The number of rotatable bonds is 5. The van der Waals surface area contributed by atoms with E-state index in [-0.39, 0.29) is 0 Å². The van der Waals surface area contributed by atoms with Crippen molar-refractivity contribution in [1.29, 1.82) is 0 Å². The van der Waals surface area contributed by atoms with Crippen LogP contribution >= 0.6 is 0 Å². The summed E-state index contributed by atoms with van der Waals surface area (Å²) in [5.41, 5.74) is 6.05. The second kappa shape index (κ2) is 6.34. The maximum absolute atomic E-state index is 4.03. The van der Waals surface area contributed by atoms with Gasteiger partial charge in [-0.25, -0.2) is 0 Å². The minimum atomic E-state index is 0.893. The Kier molecular flexibility index (Phi) is 3.89. The highest BCUT2D eigenvalue weighted by Gasteiger charge is 2.06. The standard InChI is InChI=1S/C20H20N4/c1-24(14-19-10-17-6-2-3-8-20(17)23-19)13-15-5-4-7-16(9-15)18-11-21-22-12-18/h2-12,23H,13-14H2,1H3,(H,21,22). The van der Waals surface area contributed by atoms with E-state index in [1.165, 1.54) is 27.7 Å². The van der Waals surface area contributed by atoms with Crippen molar-refractivity contribution in [2.24, 2.45) is 0 Å². The van der Waals surface area contributed by atoms with Gasteiger partial charge in [0.05, 0.1) is 6.20 Å². The smallest absolute Gasteiger partial charge is 0.0565 e. The maximum Gasteiger partial charge on any atom is 0.0565 e. The van der Waals surface area contributed by atoms with Gasteiger partial charge in [-0.2, -0.15) is 5.10 Å². The quantitative estimate of drug-likeness (QED) is 0.580. The second-order valence-electron chi connectivity index (χ2n) is 6.24. The van der Waals surface area contributed by atoms with Gasteiger partial charge in [0.25, 0.3) is 0 Å². The Bertz CT molecular complexity index is 904. The molecule has 0 atom stereocenters. The number of nitrogens with zero attached hydrogens (tertiary/aromatic N) is 2. The molecule has 24 heavy (non-hydrogen) atoms. The minimum absolute atomic E-state index is 0.893. The highest BCUT2D eigenvalue weighted by atomic mass is 15.1. The number of para-hydroxylation sites is 1. The van der Waals surface area contributed by atoms with Crippen molar-refractivity contribution in [1.82, 2.24) is 20.1 Å². The predicted octanol–water partition coefficient (Wildman–Crippen LogP) is 4.19. The van der Waals surface area contributed by atoms with Crippen LogP contribution in [-0.2, 0) is 13.1 Å². The maximum atomic E-state index is 4.03. The summed E-state index contributed by atoms with van der Waals surface area (Å²) in [5.74, 6) is 0. The third kappa shape index (κ3) is 3.09. The summed E-state index contributed by atoms with van der Waals surface area (Å²) in [6.45, 7) is 1.80. The fourth-order valence-electron chi connectivity index (χ4n) is 3.14. The molecule has 0 amide bonds. The summed E-state index contributed by atoms with van der Waals surface area (Å²) >= 11 is 0. The molecule has 0 radical (unpaired) electrons. The van der Waals surface area contributed by atoms with Crippen LogP contribution in [-0.4, -0.2) is 27.1 Å². The Balaban J connectivity index is 1.47. The van der Waals surface area contributed by atoms with E-state index >= 15 is 0 Å². The van der Waals surface area contributed by atoms with Crippen LogP contribution in [0.25, 0.3) is 22.0 Å². The number of hydrogen-bond donors (Lipinski definition) is 2. The fourth-order valence-corrected chi connectivity index (χ4v) is 3.14. The first-order valence-corrected chi connectivity index (χ1v) is 8.11. The zero-order chi connectivity index (χ0) is 16.4. The number of fused-ring (bicyclic) bond motifs is 1. The lowest BCUT2D eigenvalue weighted by Crippen LogP contribution is -2.17. The molecular formula is C20H20N4. The normalized spacial score (nSPS) is 11.4. The van der Waals surface area contributed by atoms with Crippen LogP contribution in [0.15, 0.2) is 67.0 Å². The van der Waals surface area contributed by atoms with E-state index < -0.39 is 0 Å². The van der Waals surface area contributed by atoms with Gasteiger partial charge in [0.15, 0.2) is 0 Å². The van der Waals surface area contributed by atoms with Crippen LogP contribution in [0.2, 0.25) is 0 Å². The Labute approximate surface area is 141 Å². The third-order valence-corrected chi connectivity index (χ3v) is 4.24. The van der Waals surface area contributed by atoms with E-state index in [0.717, 1.165) is 18.7 Å². The van der Waals surface area contributed by atoms with Crippen molar-refractivity contribution < 1.29 is 0 Å². The third-order valence-electron chi connectivity index (χ3n) is 4.24. The van der Waals surface area contributed by atoms with Crippen LogP contribution in [0.1, 0.15) is 11.3 Å². The lowest BCUT2D eigenvalue weighted by Gasteiger charge is -2.16. The number of benzene rings is 2. The molecule has 0 bridgehead atoms. The van der Waals surface area contributed by atoms with Crippen LogP contribution in [0, 0.1) is 0 Å². The van der Waals surface area contributed by atoms with Gasteiger partial charge in [0.1, 0.15) is 0 Å². The van der Waals surface area contributed by atoms with Gasteiger partial charge in [-0.3, -0.25) is 10.00 Å². The van der Waals surface area contributed by atoms with E-state index in [2.05, 4.69) is 81.7 Å². The number of H-pyrrole nitrogens is 2. The number of nitrogens with one attached hydrogen (secondary N) is 2. The van der Waals surface area contributed by atoms with Gasteiger partial charge in [0, 0.05) is 36.1 Å². The molecule has 0 saturated carbocycles. The van der Waals surface area contributed by atoms with Crippen molar-refractivity contribution in [2.45, 2.75) is 13.1 Å². The molecule has 2 heterocycles. The summed E-state index contributed by atoms with van der Waals surface area (Å²) in [7, 11) is 2.15. The van der Waals surface area contributed by atoms with E-state index in [1.807, 2.05) is 12.4 Å². The number of aromatic amines is 2. The summed E-state index contributed by atoms with van der Waals surface area (Å²) in [4.78, 5) is 5.81. The Morgan fingerprint density at radius 3 is 2.71 bits per heavy atom. The van der Waals surface area contributed by atoms with Crippen molar-refractivity contribution in [3.05, 3.63) is 78.2 Å². The largest absolute Gasteiger partial charge is 0.357 e. The Morgan fingerprint density at radius 2 is 1.88 bits per heavy atom. The zero-order valence-corrected chi connectivity index (χ0v) is 13.7. The molecule has 0 aliphatic carbocycles. The Morgan fingerprint density at radius 1 is 0.958 bits per heavy atom. The predicted molar refractivity (Wildman–Crippen MR) is 97.5 cm³/mol. The number of hydrogen-bond acceptors (Lipinski definition) is 2. The topological polar surface area (TPSA) is 47.7 Å². The lowest BCUT2D eigenvalue weighted by atomic mass is 10.1. The first-order valence-electron chi connectivity index (χ1n) is 8.11. The van der Waals surface area contributed by atoms with Crippen molar-refractivity contribution in [3.8, 4) is 11.1 Å². The molecular weight excluding hydrogens is 296 g/mol. The van der Waals surface area contributed by atoms with Gasteiger partial charge >= 0.3 is 0 Å². The molecule has 0 aliphatic heterocycles. The average Bonchev–Trinajstić information content (AvgIpc) is 3.24. The SMILES string of the molecule is CN(Cc1cccc(-c2cn[nH]c2)c1)Cc1cc2ccccc2[nH]1. The fraction of sp³-hybridized carbons (Fsp3) is 0.150. The van der Waals surface area contributed by atoms with Gasteiger partial charge in [-0.1, -0.05) is 36.4 Å². The molecule has 0 fully saturated rings. The molecule has 4 nitrogen and oxygen atoms in total. The van der Waals surface area contributed by atoms with E-state index in [9.17, 15) is 0 Å². The molecule has 4 heteroatoms. The van der Waals surface area contributed by atoms with Gasteiger partial charge < -0.3 is 4.98 Å². The van der Waals surface area contributed by atoms with Gasteiger partial charge in [0.2, 0.25) is 0 Å². The molecule has 2 aromatic carbocycles. The molecule has 0 spiro atoms. The zero-order valence-electron chi connectivity index (χ0n) is 13.7. The van der Waals surface area contributed by atoms with Crippen molar-refractivity contribution in [3.63, 3.8) is 0 Å². The highest BCUT2D eigenvalue weighted by Crippen LogP contribution is 2.20. The summed E-state index contributed by atoms with van der Waals surface area (Å²) < 4.78 is 0. The molecule has 0 aliphatic rings. The van der Waals surface area contributed by atoms with Gasteiger partial charge in [-0.15, -0.1) is 0 Å². The van der Waals surface area contributed by atoms with Crippen LogP contribution in [0.4, 0.5) is 0 Å². The monoisotopic (exact) mass is 316 g/mol. The summed E-state index contributed by atoms with van der Waals surface area (Å²) in [5, 5.41) is 8.16. The first kappa shape index (κ1) is 14.7.